The molecule has 2 unspecified atom stereocenters. The van der Waals surface area contributed by atoms with Crippen LogP contribution in [0.1, 0.15) is 32.6 Å². The zero-order valence-electron chi connectivity index (χ0n) is 11.0. The molecule has 1 saturated carbocycles. The number of hydrogen-bond acceptors (Lipinski definition) is 5. The summed E-state index contributed by atoms with van der Waals surface area (Å²) in [6, 6.07) is 0. The Morgan fingerprint density at radius 3 is 2.58 bits per heavy atom. The van der Waals surface area contributed by atoms with Crippen molar-refractivity contribution in [3.8, 4) is 0 Å². The van der Waals surface area contributed by atoms with Gasteiger partial charge < -0.3 is 9.69 Å². The van der Waals surface area contributed by atoms with E-state index in [2.05, 4.69) is 31.0 Å². The molecule has 4 nitrogen and oxygen atoms in total. The van der Waals surface area contributed by atoms with Crippen molar-refractivity contribution in [1.29, 1.82) is 0 Å². The number of hydrogen-bond donors (Lipinski definition) is 0. The van der Waals surface area contributed by atoms with E-state index in [9.17, 15) is 4.79 Å². The molecule has 104 valence electrons. The molecular formula is C13H18BrN3OS. The maximum atomic E-state index is 11.5. The lowest BCUT2D eigenvalue weighted by Crippen LogP contribution is -2.49. The first kappa shape index (κ1) is 13.5. The lowest BCUT2D eigenvalue weighted by Gasteiger charge is -2.47. The van der Waals surface area contributed by atoms with Gasteiger partial charge in [-0.05, 0) is 53.4 Å². The summed E-state index contributed by atoms with van der Waals surface area (Å²) in [6.45, 7) is 3.80. The van der Waals surface area contributed by atoms with Crippen molar-refractivity contribution in [3.63, 3.8) is 0 Å². The van der Waals surface area contributed by atoms with E-state index in [-0.39, 0.29) is 0 Å². The maximum Gasteiger partial charge on any atom is 0.209 e. The van der Waals surface area contributed by atoms with Gasteiger partial charge in [-0.2, -0.15) is 0 Å². The first-order chi connectivity index (χ1) is 9.13. The Labute approximate surface area is 125 Å². The molecule has 0 radical (unpaired) electrons. The Balaban J connectivity index is 1.76. The molecule has 1 aliphatic heterocycles. The van der Waals surface area contributed by atoms with Crippen LogP contribution in [0.2, 0.25) is 0 Å². The second-order valence-electron chi connectivity index (χ2n) is 5.76. The van der Waals surface area contributed by atoms with Gasteiger partial charge >= 0.3 is 0 Å². The lowest BCUT2D eigenvalue weighted by molar-refractivity contribution is -0.119. The van der Waals surface area contributed by atoms with Gasteiger partial charge in [-0.15, -0.1) is 10.2 Å². The minimum atomic E-state index is 0.342. The molecule has 1 aromatic heterocycles. The third kappa shape index (κ3) is 2.84. The van der Waals surface area contributed by atoms with Gasteiger partial charge in [0.15, 0.2) is 3.92 Å². The Bertz CT molecular complexity index is 464. The smallest absolute Gasteiger partial charge is 0.209 e. The molecule has 0 aromatic carbocycles. The van der Waals surface area contributed by atoms with E-state index < -0.39 is 0 Å². The number of Topliss-reactive ketones (excluding diaryl/α,β-unsaturated/α-hetero) is 1. The van der Waals surface area contributed by atoms with Gasteiger partial charge in [0.25, 0.3) is 0 Å². The van der Waals surface area contributed by atoms with Crippen LogP contribution in [0.3, 0.4) is 0 Å². The van der Waals surface area contributed by atoms with Gasteiger partial charge in [0.1, 0.15) is 5.78 Å². The summed E-state index contributed by atoms with van der Waals surface area (Å²) in [6.07, 6.45) is 4.59. The van der Waals surface area contributed by atoms with Crippen molar-refractivity contribution < 1.29 is 4.79 Å². The molecule has 1 saturated heterocycles. The summed E-state index contributed by atoms with van der Waals surface area (Å²) in [5, 5.41) is 9.29. The molecule has 19 heavy (non-hydrogen) atoms. The van der Waals surface area contributed by atoms with Crippen molar-refractivity contribution in [2.75, 3.05) is 18.0 Å². The fourth-order valence-electron chi connectivity index (χ4n) is 3.70. The Morgan fingerprint density at radius 2 is 2.05 bits per heavy atom. The average molecular weight is 344 g/mol. The highest BCUT2D eigenvalue weighted by molar-refractivity contribution is 9.11. The topological polar surface area (TPSA) is 46.1 Å². The van der Waals surface area contributed by atoms with E-state index in [1.807, 2.05) is 0 Å². The van der Waals surface area contributed by atoms with Crippen molar-refractivity contribution in [3.05, 3.63) is 3.92 Å². The van der Waals surface area contributed by atoms with Gasteiger partial charge in [-0.1, -0.05) is 17.8 Å². The fraction of sp³-hybridized carbons (Fsp3) is 0.769. The zero-order chi connectivity index (χ0) is 13.4. The van der Waals surface area contributed by atoms with E-state index in [1.165, 1.54) is 19.3 Å². The van der Waals surface area contributed by atoms with Crippen LogP contribution in [-0.4, -0.2) is 29.1 Å². The van der Waals surface area contributed by atoms with Crippen LogP contribution in [0.5, 0.6) is 0 Å². The summed E-state index contributed by atoms with van der Waals surface area (Å²) in [5.41, 5.74) is 0. The van der Waals surface area contributed by atoms with Gasteiger partial charge in [-0.25, -0.2) is 0 Å². The molecule has 3 rings (SSSR count). The van der Waals surface area contributed by atoms with Crippen molar-refractivity contribution in [2.45, 2.75) is 32.6 Å². The van der Waals surface area contributed by atoms with E-state index in [4.69, 9.17) is 0 Å². The molecule has 0 spiro atoms. The maximum absolute atomic E-state index is 11.5. The normalized spacial score (nSPS) is 30.4. The van der Waals surface area contributed by atoms with Crippen molar-refractivity contribution in [1.82, 2.24) is 10.2 Å². The minimum Gasteiger partial charge on any atom is -0.346 e. The van der Waals surface area contributed by atoms with Gasteiger partial charge in [0.05, 0.1) is 0 Å². The highest BCUT2D eigenvalue weighted by Crippen LogP contribution is 2.43. The monoisotopic (exact) mass is 343 g/mol. The summed E-state index contributed by atoms with van der Waals surface area (Å²) in [7, 11) is 0. The Hall–Kier alpha value is -0.490. The first-order valence-electron chi connectivity index (χ1n) is 6.87. The standard InChI is InChI=1S/C13H18BrN3OS/c1-8(18)5-11-9-3-2-4-10(11)7-17(6-9)13-16-15-12(14)19-13/h9-11H,2-7H2,1H3. The zero-order valence-corrected chi connectivity index (χ0v) is 13.4. The lowest BCUT2D eigenvalue weighted by atomic mass is 9.67. The van der Waals surface area contributed by atoms with Gasteiger partial charge in [0, 0.05) is 19.5 Å². The third-order valence-corrected chi connectivity index (χ3v) is 5.87. The predicted octanol–water partition coefficient (Wildman–Crippen LogP) is 3.13. The molecule has 0 N–H and O–H groups in total. The van der Waals surface area contributed by atoms with Crippen molar-refractivity contribution >= 4 is 38.2 Å². The van der Waals surface area contributed by atoms with E-state index in [0.717, 1.165) is 28.6 Å². The minimum absolute atomic E-state index is 0.342. The van der Waals surface area contributed by atoms with Crippen LogP contribution < -0.4 is 4.90 Å². The largest absolute Gasteiger partial charge is 0.346 e. The second kappa shape index (κ2) is 5.48. The molecule has 1 aliphatic carbocycles. The summed E-state index contributed by atoms with van der Waals surface area (Å²) in [5.74, 6) is 2.24. The molecule has 1 aromatic rings. The Morgan fingerprint density at radius 1 is 1.37 bits per heavy atom. The second-order valence-corrected chi connectivity index (χ2v) is 8.00. The van der Waals surface area contributed by atoms with E-state index in [0.29, 0.717) is 23.5 Å². The van der Waals surface area contributed by atoms with Crippen LogP contribution in [0.15, 0.2) is 3.92 Å². The van der Waals surface area contributed by atoms with Crippen LogP contribution in [-0.2, 0) is 4.79 Å². The highest BCUT2D eigenvalue weighted by Gasteiger charge is 2.40. The summed E-state index contributed by atoms with van der Waals surface area (Å²) in [4.78, 5) is 13.8. The molecule has 0 amide bonds. The van der Waals surface area contributed by atoms with Gasteiger partial charge in [0.2, 0.25) is 5.13 Å². The average Bonchev–Trinajstić information content (AvgIpc) is 2.74. The highest BCUT2D eigenvalue weighted by atomic mass is 79.9. The van der Waals surface area contributed by atoms with Crippen LogP contribution >= 0.6 is 27.3 Å². The fourth-order valence-corrected chi connectivity index (χ4v) is 4.80. The number of carbonyl (C=O) groups is 1. The molecule has 2 bridgehead atoms. The van der Waals surface area contributed by atoms with Crippen LogP contribution in [0.4, 0.5) is 5.13 Å². The van der Waals surface area contributed by atoms with Crippen LogP contribution in [0.25, 0.3) is 0 Å². The van der Waals surface area contributed by atoms with Gasteiger partial charge in [-0.3, -0.25) is 0 Å². The number of ketones is 1. The Kier molecular flexibility index (Phi) is 3.89. The number of fused-ring (bicyclic) bond motifs is 2. The number of halogens is 1. The van der Waals surface area contributed by atoms with Crippen LogP contribution in [0, 0.1) is 17.8 Å². The number of rotatable bonds is 3. The quantitative estimate of drug-likeness (QED) is 0.845. The molecule has 2 heterocycles. The first-order valence-corrected chi connectivity index (χ1v) is 8.48. The number of nitrogens with zero attached hydrogens (tertiary/aromatic N) is 3. The summed E-state index contributed by atoms with van der Waals surface area (Å²) < 4.78 is 0.846. The third-order valence-electron chi connectivity index (χ3n) is 4.45. The predicted molar refractivity (Wildman–Crippen MR) is 79.4 cm³/mol. The number of anilines is 1. The number of aromatic nitrogens is 2. The molecule has 2 atom stereocenters. The SMILES string of the molecule is CC(=O)CC1C2CCCC1CN(c1nnc(Br)s1)C2. The molecule has 2 aliphatic rings. The molecule has 6 heteroatoms. The molecule has 2 fully saturated rings. The van der Waals surface area contributed by atoms with E-state index in [1.54, 1.807) is 18.3 Å². The number of carbonyl (C=O) groups excluding carboxylic acids is 1. The summed E-state index contributed by atoms with van der Waals surface area (Å²) >= 11 is 4.98. The van der Waals surface area contributed by atoms with Crippen molar-refractivity contribution in [2.24, 2.45) is 17.8 Å². The molecular weight excluding hydrogens is 326 g/mol. The van der Waals surface area contributed by atoms with E-state index >= 15 is 0 Å². The number of piperidine rings is 1.